The Hall–Kier alpha value is -1.28. The summed E-state index contributed by atoms with van der Waals surface area (Å²) in [5, 5.41) is 0. The highest BCUT2D eigenvalue weighted by atomic mass is 35.5. The van der Waals surface area contributed by atoms with Gasteiger partial charge in [0.05, 0.1) is 11.9 Å². The largest absolute Gasteiger partial charge is 1.00 e. The number of aromatic nitrogens is 2. The van der Waals surface area contributed by atoms with Crippen molar-refractivity contribution < 1.29 is 12.4 Å². The molecule has 0 radical (unpaired) electrons. The Balaban J connectivity index is 0.00000108. The fourth-order valence-corrected chi connectivity index (χ4v) is 2.43. The van der Waals surface area contributed by atoms with Crippen molar-refractivity contribution in [2.75, 3.05) is 0 Å². The summed E-state index contributed by atoms with van der Waals surface area (Å²) < 4.78 is 2.39. The van der Waals surface area contributed by atoms with Gasteiger partial charge in [-0.15, -0.1) is 0 Å². The van der Waals surface area contributed by atoms with Gasteiger partial charge in [0, 0.05) is 13.0 Å². The predicted molar refractivity (Wildman–Crippen MR) is 65.2 cm³/mol. The van der Waals surface area contributed by atoms with Gasteiger partial charge in [-0.05, 0) is 18.4 Å². The number of benzene rings is 1. The van der Waals surface area contributed by atoms with E-state index in [1.807, 2.05) is 6.20 Å². The lowest BCUT2D eigenvalue weighted by molar-refractivity contribution is -0.00000332. The molecule has 1 aliphatic heterocycles. The number of rotatable bonds is 1. The molecule has 0 aliphatic carbocycles. The normalized spacial score (nSPS) is 14.6. The Labute approximate surface area is 108 Å². The Bertz CT molecular complexity index is 476. The maximum absolute atomic E-state index is 4.56. The van der Waals surface area contributed by atoms with E-state index in [0.717, 1.165) is 13.0 Å². The molecule has 0 saturated carbocycles. The summed E-state index contributed by atoms with van der Waals surface area (Å²) in [6, 6.07) is 10.6. The van der Waals surface area contributed by atoms with Crippen LogP contribution in [0.5, 0.6) is 0 Å². The highest BCUT2D eigenvalue weighted by Crippen LogP contribution is 2.24. The van der Waals surface area contributed by atoms with E-state index < -0.39 is 0 Å². The van der Waals surface area contributed by atoms with Crippen LogP contribution in [0.2, 0.25) is 0 Å². The summed E-state index contributed by atoms with van der Waals surface area (Å²) in [6.45, 7) is 1.12. The first-order chi connectivity index (χ1) is 7.95. The molecule has 2 aromatic rings. The standard InChI is InChI=1S/C14H16N2.ClH/c1-3-7-12(8-4-1)13-11-15-14-9-5-2-6-10-16(13)14;/h1,3-4,7-8,11H,2,5-6,9-10H2;1H/p-1. The molecule has 17 heavy (non-hydrogen) atoms. The lowest BCUT2D eigenvalue weighted by atomic mass is 10.1. The fraction of sp³-hybridized carbons (Fsp3) is 0.357. The molecular weight excluding hydrogens is 232 g/mol. The average Bonchev–Trinajstić information content (AvgIpc) is 2.60. The van der Waals surface area contributed by atoms with Gasteiger partial charge in [-0.25, -0.2) is 4.98 Å². The molecule has 0 fully saturated rings. The van der Waals surface area contributed by atoms with Crippen LogP contribution in [0.4, 0.5) is 0 Å². The average molecular weight is 248 g/mol. The molecular formula is C14H16ClN2-. The number of aryl methyl sites for hydroxylation is 1. The summed E-state index contributed by atoms with van der Waals surface area (Å²) in [7, 11) is 0. The van der Waals surface area contributed by atoms with Crippen molar-refractivity contribution in [3.05, 3.63) is 42.4 Å². The molecule has 0 spiro atoms. The molecule has 0 N–H and O–H groups in total. The zero-order valence-electron chi connectivity index (χ0n) is 9.77. The van der Waals surface area contributed by atoms with Crippen LogP contribution in [0.1, 0.15) is 25.1 Å². The maximum atomic E-state index is 4.56. The van der Waals surface area contributed by atoms with Crippen LogP contribution < -0.4 is 12.4 Å². The summed E-state index contributed by atoms with van der Waals surface area (Å²) in [5.41, 5.74) is 2.56. The summed E-state index contributed by atoms with van der Waals surface area (Å²) in [5.74, 6) is 1.26. The van der Waals surface area contributed by atoms with E-state index in [0.29, 0.717) is 0 Å². The highest BCUT2D eigenvalue weighted by Gasteiger charge is 2.13. The topological polar surface area (TPSA) is 17.8 Å². The van der Waals surface area contributed by atoms with Gasteiger partial charge < -0.3 is 17.0 Å². The first-order valence-electron chi connectivity index (χ1n) is 6.05. The Morgan fingerprint density at radius 2 is 1.82 bits per heavy atom. The van der Waals surface area contributed by atoms with Crippen LogP contribution in [-0.2, 0) is 13.0 Å². The molecule has 0 amide bonds. The van der Waals surface area contributed by atoms with Gasteiger partial charge in [0.25, 0.3) is 0 Å². The summed E-state index contributed by atoms with van der Waals surface area (Å²) in [6.07, 6.45) is 7.05. The van der Waals surface area contributed by atoms with Crippen molar-refractivity contribution >= 4 is 0 Å². The molecule has 2 heterocycles. The van der Waals surface area contributed by atoms with Gasteiger partial charge in [0.1, 0.15) is 5.82 Å². The predicted octanol–water partition coefficient (Wildman–Crippen LogP) is 0.280. The van der Waals surface area contributed by atoms with Gasteiger partial charge in [-0.3, -0.25) is 0 Å². The molecule has 3 heteroatoms. The minimum absolute atomic E-state index is 0. The minimum atomic E-state index is 0. The quantitative estimate of drug-likeness (QED) is 0.708. The van der Waals surface area contributed by atoms with Crippen LogP contribution in [0, 0.1) is 0 Å². The molecule has 0 unspecified atom stereocenters. The number of imidazole rings is 1. The number of fused-ring (bicyclic) bond motifs is 1. The maximum Gasteiger partial charge on any atom is 0.109 e. The fourth-order valence-electron chi connectivity index (χ4n) is 2.43. The SMILES string of the molecule is [Cl-].c1ccc(-c2cnc3n2CCCCC3)cc1. The second-order valence-electron chi connectivity index (χ2n) is 4.39. The third kappa shape index (κ3) is 2.37. The van der Waals surface area contributed by atoms with E-state index in [4.69, 9.17) is 0 Å². The molecule has 0 saturated heterocycles. The highest BCUT2D eigenvalue weighted by molar-refractivity contribution is 5.59. The Morgan fingerprint density at radius 3 is 2.65 bits per heavy atom. The third-order valence-electron chi connectivity index (χ3n) is 3.29. The van der Waals surface area contributed by atoms with Crippen molar-refractivity contribution in [3.63, 3.8) is 0 Å². The van der Waals surface area contributed by atoms with Gasteiger partial charge in [-0.1, -0.05) is 36.8 Å². The van der Waals surface area contributed by atoms with Crippen LogP contribution in [0.15, 0.2) is 36.5 Å². The monoisotopic (exact) mass is 247 g/mol. The van der Waals surface area contributed by atoms with Crippen molar-refractivity contribution in [3.8, 4) is 11.3 Å². The Morgan fingerprint density at radius 1 is 1.00 bits per heavy atom. The van der Waals surface area contributed by atoms with Gasteiger partial charge in [0.15, 0.2) is 0 Å². The van der Waals surface area contributed by atoms with E-state index in [1.54, 1.807) is 0 Å². The van der Waals surface area contributed by atoms with Crippen molar-refractivity contribution in [2.24, 2.45) is 0 Å². The molecule has 2 nitrogen and oxygen atoms in total. The van der Waals surface area contributed by atoms with Crippen molar-refractivity contribution in [2.45, 2.75) is 32.2 Å². The van der Waals surface area contributed by atoms with Crippen molar-refractivity contribution in [1.82, 2.24) is 9.55 Å². The molecule has 1 aromatic carbocycles. The van der Waals surface area contributed by atoms with Crippen LogP contribution in [0.3, 0.4) is 0 Å². The van der Waals surface area contributed by atoms with Crippen LogP contribution in [0.25, 0.3) is 11.3 Å². The van der Waals surface area contributed by atoms with E-state index in [-0.39, 0.29) is 12.4 Å². The third-order valence-corrected chi connectivity index (χ3v) is 3.29. The zero-order valence-corrected chi connectivity index (χ0v) is 10.5. The summed E-state index contributed by atoms with van der Waals surface area (Å²) in [4.78, 5) is 4.56. The van der Waals surface area contributed by atoms with Gasteiger partial charge >= 0.3 is 0 Å². The first kappa shape index (κ1) is 12.2. The van der Waals surface area contributed by atoms with Gasteiger partial charge in [-0.2, -0.15) is 0 Å². The molecule has 3 rings (SSSR count). The zero-order chi connectivity index (χ0) is 10.8. The van der Waals surface area contributed by atoms with E-state index in [1.165, 1.54) is 36.3 Å². The second-order valence-corrected chi connectivity index (χ2v) is 4.39. The molecule has 90 valence electrons. The van der Waals surface area contributed by atoms with Crippen LogP contribution in [-0.4, -0.2) is 9.55 Å². The second kappa shape index (κ2) is 5.37. The molecule has 1 aromatic heterocycles. The lowest BCUT2D eigenvalue weighted by Crippen LogP contribution is -3.00. The lowest BCUT2D eigenvalue weighted by Gasteiger charge is -2.08. The Kier molecular flexibility index (Phi) is 3.85. The van der Waals surface area contributed by atoms with Crippen molar-refractivity contribution in [1.29, 1.82) is 0 Å². The first-order valence-corrected chi connectivity index (χ1v) is 6.05. The van der Waals surface area contributed by atoms with E-state index in [9.17, 15) is 0 Å². The number of hydrogen-bond donors (Lipinski definition) is 0. The van der Waals surface area contributed by atoms with Crippen LogP contribution >= 0.6 is 0 Å². The minimum Gasteiger partial charge on any atom is -1.00 e. The smallest absolute Gasteiger partial charge is 0.109 e. The van der Waals surface area contributed by atoms with E-state index >= 15 is 0 Å². The van der Waals surface area contributed by atoms with E-state index in [2.05, 4.69) is 39.9 Å². The summed E-state index contributed by atoms with van der Waals surface area (Å²) >= 11 is 0. The molecule has 0 atom stereocenters. The molecule has 0 bridgehead atoms. The number of halogens is 1. The number of nitrogens with zero attached hydrogens (tertiary/aromatic N) is 2. The molecule has 1 aliphatic rings. The number of hydrogen-bond acceptors (Lipinski definition) is 1. The van der Waals surface area contributed by atoms with Gasteiger partial charge in [0.2, 0.25) is 0 Å².